The van der Waals surface area contributed by atoms with Crippen LogP contribution in [0.4, 0.5) is 8.78 Å². The minimum Gasteiger partial charge on any atom is -0.353 e. The second-order valence-electron chi connectivity index (χ2n) is 9.13. The molecule has 1 aromatic heterocycles. The molecule has 2 saturated carbocycles. The highest BCUT2D eigenvalue weighted by Crippen LogP contribution is 2.49. The van der Waals surface area contributed by atoms with E-state index < -0.39 is 17.2 Å². The first-order chi connectivity index (χ1) is 15.9. The summed E-state index contributed by atoms with van der Waals surface area (Å²) in [5, 5.41) is 3.61. The van der Waals surface area contributed by atoms with Crippen LogP contribution in [-0.4, -0.2) is 27.3 Å². The summed E-state index contributed by atoms with van der Waals surface area (Å²) in [4.78, 5) is 30.5. The van der Waals surface area contributed by atoms with Gasteiger partial charge in [-0.3, -0.25) is 14.2 Å². The highest BCUT2D eigenvalue weighted by atomic mass is 32.2. The van der Waals surface area contributed by atoms with Gasteiger partial charge in [-0.05, 0) is 68.2 Å². The van der Waals surface area contributed by atoms with Crippen LogP contribution < -0.4 is 10.9 Å². The average molecular weight is 470 g/mol. The second kappa shape index (κ2) is 8.89. The van der Waals surface area contributed by atoms with E-state index in [1.54, 1.807) is 24.3 Å². The summed E-state index contributed by atoms with van der Waals surface area (Å²) in [6.45, 7) is 2.06. The number of halogens is 2. The van der Waals surface area contributed by atoms with Crippen molar-refractivity contribution in [3.63, 3.8) is 0 Å². The Morgan fingerprint density at radius 3 is 2.76 bits per heavy atom. The van der Waals surface area contributed by atoms with Gasteiger partial charge in [0.05, 0.1) is 22.3 Å². The lowest BCUT2D eigenvalue weighted by atomic mass is 9.84. The van der Waals surface area contributed by atoms with Crippen molar-refractivity contribution in [2.24, 2.45) is 17.8 Å². The van der Waals surface area contributed by atoms with Crippen LogP contribution >= 0.6 is 11.8 Å². The minimum absolute atomic E-state index is 0.0404. The Hall–Kier alpha value is -2.74. The predicted molar refractivity (Wildman–Crippen MR) is 125 cm³/mol. The SMILES string of the molecule is C[C@H](NC(=O)CSc1nc2ccccc2c(=O)n1-c1ccc(F)cc1F)[C@@H]1C[C@H]2CC[C@H]1C2. The lowest BCUT2D eigenvalue weighted by Gasteiger charge is -2.28. The Morgan fingerprint density at radius 1 is 1.21 bits per heavy atom. The molecule has 0 saturated heterocycles. The summed E-state index contributed by atoms with van der Waals surface area (Å²) in [5.41, 5.74) is -0.109. The van der Waals surface area contributed by atoms with Gasteiger partial charge in [-0.15, -0.1) is 0 Å². The third kappa shape index (κ3) is 4.28. The number of hydrogen-bond acceptors (Lipinski definition) is 4. The minimum atomic E-state index is -0.870. The van der Waals surface area contributed by atoms with Crippen LogP contribution in [0.3, 0.4) is 0 Å². The second-order valence-corrected chi connectivity index (χ2v) is 10.1. The van der Waals surface area contributed by atoms with Crippen LogP contribution in [0.5, 0.6) is 0 Å². The molecule has 2 bridgehead atoms. The average Bonchev–Trinajstić information content (AvgIpc) is 3.43. The number of aromatic nitrogens is 2. The molecule has 0 spiro atoms. The fraction of sp³-hybridized carbons (Fsp3) is 0.400. The molecule has 0 radical (unpaired) electrons. The smallest absolute Gasteiger partial charge is 0.266 e. The molecule has 33 heavy (non-hydrogen) atoms. The molecule has 0 unspecified atom stereocenters. The number of carbonyl (C=O) groups excluding carboxylic acids is 1. The zero-order chi connectivity index (χ0) is 23.1. The van der Waals surface area contributed by atoms with Gasteiger partial charge in [0.15, 0.2) is 5.16 Å². The summed E-state index contributed by atoms with van der Waals surface area (Å²) in [5.74, 6) is 0.305. The van der Waals surface area contributed by atoms with Gasteiger partial charge in [0.1, 0.15) is 11.6 Å². The van der Waals surface area contributed by atoms with Gasteiger partial charge in [-0.2, -0.15) is 0 Å². The maximum absolute atomic E-state index is 14.6. The maximum atomic E-state index is 14.6. The van der Waals surface area contributed by atoms with Gasteiger partial charge in [-0.25, -0.2) is 13.8 Å². The first-order valence-corrected chi connectivity index (χ1v) is 12.3. The van der Waals surface area contributed by atoms with E-state index in [1.165, 1.54) is 31.7 Å². The number of nitrogens with one attached hydrogen (secondary N) is 1. The molecule has 2 aliphatic carbocycles. The Labute approximate surface area is 194 Å². The van der Waals surface area contributed by atoms with Crippen molar-refractivity contribution < 1.29 is 13.6 Å². The molecule has 5 nitrogen and oxygen atoms in total. The van der Waals surface area contributed by atoms with Crippen LogP contribution in [0.1, 0.15) is 32.6 Å². The number of thioether (sulfide) groups is 1. The first kappa shape index (κ1) is 22.1. The van der Waals surface area contributed by atoms with Crippen molar-refractivity contribution in [3.8, 4) is 5.69 Å². The molecule has 4 atom stereocenters. The molecule has 5 rings (SSSR count). The van der Waals surface area contributed by atoms with Crippen LogP contribution in [0.15, 0.2) is 52.4 Å². The molecule has 2 aliphatic rings. The largest absolute Gasteiger partial charge is 0.353 e. The maximum Gasteiger partial charge on any atom is 0.266 e. The van der Waals surface area contributed by atoms with Crippen molar-refractivity contribution >= 4 is 28.6 Å². The number of nitrogens with zero attached hydrogens (tertiary/aromatic N) is 2. The van der Waals surface area contributed by atoms with E-state index in [0.29, 0.717) is 22.7 Å². The fourth-order valence-corrected chi connectivity index (χ4v) is 6.34. The number of carbonyl (C=O) groups is 1. The summed E-state index contributed by atoms with van der Waals surface area (Å²) in [7, 11) is 0. The fourth-order valence-electron chi connectivity index (χ4n) is 5.52. The quantitative estimate of drug-likeness (QED) is 0.420. The van der Waals surface area contributed by atoms with Gasteiger partial charge in [0.25, 0.3) is 5.56 Å². The number of rotatable bonds is 6. The lowest BCUT2D eigenvalue weighted by Crippen LogP contribution is -2.41. The molecular weight excluding hydrogens is 444 g/mol. The summed E-state index contributed by atoms with van der Waals surface area (Å²) >= 11 is 1.07. The van der Waals surface area contributed by atoms with E-state index in [9.17, 15) is 18.4 Å². The number of para-hydroxylation sites is 1. The molecule has 2 fully saturated rings. The standard InChI is InChI=1S/C25H25F2N3O2S/c1-14(19-11-15-6-7-16(19)10-15)28-23(31)13-33-25-29-21-5-3-2-4-18(21)24(32)30(25)22-9-8-17(26)12-20(22)27/h2-5,8-9,12,14-16,19H,6-7,10-11,13H2,1H3,(H,28,31)/t14-,15-,16-,19-/m0/s1. The lowest BCUT2D eigenvalue weighted by molar-refractivity contribution is -0.119. The highest BCUT2D eigenvalue weighted by molar-refractivity contribution is 7.99. The monoisotopic (exact) mass is 469 g/mol. The molecule has 8 heteroatoms. The summed E-state index contributed by atoms with van der Waals surface area (Å²) in [6.07, 6.45) is 5.01. The molecule has 0 aliphatic heterocycles. The van der Waals surface area contributed by atoms with Gasteiger partial charge < -0.3 is 5.32 Å². The van der Waals surface area contributed by atoms with Crippen molar-refractivity contribution in [1.29, 1.82) is 0 Å². The zero-order valence-corrected chi connectivity index (χ0v) is 19.1. The summed E-state index contributed by atoms with van der Waals surface area (Å²) < 4.78 is 29.2. The summed E-state index contributed by atoms with van der Waals surface area (Å²) in [6, 6.07) is 9.90. The van der Waals surface area contributed by atoms with E-state index in [4.69, 9.17) is 0 Å². The Balaban J connectivity index is 1.40. The first-order valence-electron chi connectivity index (χ1n) is 11.3. The van der Waals surface area contributed by atoms with E-state index in [2.05, 4.69) is 17.2 Å². The van der Waals surface area contributed by atoms with E-state index in [0.717, 1.165) is 34.4 Å². The molecule has 1 heterocycles. The van der Waals surface area contributed by atoms with Gasteiger partial charge in [0.2, 0.25) is 5.91 Å². The number of hydrogen-bond donors (Lipinski definition) is 1. The van der Waals surface area contributed by atoms with Crippen LogP contribution in [0.2, 0.25) is 0 Å². The topological polar surface area (TPSA) is 64.0 Å². The van der Waals surface area contributed by atoms with Crippen LogP contribution in [0.25, 0.3) is 16.6 Å². The molecule has 1 amide bonds. The molecule has 2 aromatic carbocycles. The Kier molecular flexibility index (Phi) is 5.95. The van der Waals surface area contributed by atoms with Crippen molar-refractivity contribution in [2.45, 2.75) is 43.8 Å². The molecular formula is C25H25F2N3O2S. The third-order valence-corrected chi connectivity index (χ3v) is 7.99. The third-order valence-electron chi connectivity index (χ3n) is 7.05. The zero-order valence-electron chi connectivity index (χ0n) is 18.3. The molecule has 1 N–H and O–H groups in total. The van der Waals surface area contributed by atoms with E-state index >= 15 is 0 Å². The molecule has 3 aromatic rings. The van der Waals surface area contributed by atoms with Crippen molar-refractivity contribution in [3.05, 3.63) is 64.5 Å². The van der Waals surface area contributed by atoms with Gasteiger partial charge in [-0.1, -0.05) is 30.3 Å². The highest BCUT2D eigenvalue weighted by Gasteiger charge is 2.42. The normalized spacial score (nSPS) is 22.6. The number of fused-ring (bicyclic) bond motifs is 3. The van der Waals surface area contributed by atoms with Gasteiger partial charge in [0, 0.05) is 12.1 Å². The number of amides is 1. The number of benzene rings is 2. The van der Waals surface area contributed by atoms with E-state index in [1.807, 2.05) is 0 Å². The Morgan fingerprint density at radius 2 is 2.03 bits per heavy atom. The van der Waals surface area contributed by atoms with Crippen molar-refractivity contribution in [1.82, 2.24) is 14.9 Å². The van der Waals surface area contributed by atoms with Crippen molar-refractivity contribution in [2.75, 3.05) is 5.75 Å². The predicted octanol–water partition coefficient (Wildman–Crippen LogP) is 4.70. The van der Waals surface area contributed by atoms with E-state index in [-0.39, 0.29) is 28.5 Å². The van der Waals surface area contributed by atoms with Gasteiger partial charge >= 0.3 is 0 Å². The van der Waals surface area contributed by atoms with Crippen LogP contribution in [-0.2, 0) is 4.79 Å². The Bertz CT molecular complexity index is 1280. The molecule has 172 valence electrons. The van der Waals surface area contributed by atoms with Crippen LogP contribution in [0, 0.1) is 29.4 Å².